The summed E-state index contributed by atoms with van der Waals surface area (Å²) in [5, 5.41) is 2.85. The van der Waals surface area contributed by atoms with Crippen LogP contribution in [0.5, 0.6) is 5.75 Å². The van der Waals surface area contributed by atoms with Crippen LogP contribution >= 0.6 is 0 Å². The van der Waals surface area contributed by atoms with Crippen LogP contribution in [0.15, 0.2) is 24.3 Å². The number of amides is 1. The van der Waals surface area contributed by atoms with Gasteiger partial charge < -0.3 is 14.8 Å². The maximum Gasteiger partial charge on any atom is 0.224 e. The van der Waals surface area contributed by atoms with Gasteiger partial charge in [-0.25, -0.2) is 13.1 Å². The predicted octanol–water partition coefficient (Wildman–Crippen LogP) is 3.46. The Bertz CT molecular complexity index is 735. The maximum atomic E-state index is 12.1. The first kappa shape index (κ1) is 23.6. The molecule has 0 aliphatic carbocycles. The molecule has 29 heavy (non-hydrogen) atoms. The summed E-state index contributed by atoms with van der Waals surface area (Å²) in [6.07, 6.45) is 5.06. The summed E-state index contributed by atoms with van der Waals surface area (Å²) in [6.45, 7) is 6.66. The van der Waals surface area contributed by atoms with Crippen molar-refractivity contribution in [3.63, 3.8) is 0 Å². The fourth-order valence-electron chi connectivity index (χ4n) is 2.82. The van der Waals surface area contributed by atoms with Gasteiger partial charge in [0.15, 0.2) is 0 Å². The highest BCUT2D eigenvalue weighted by Crippen LogP contribution is 2.19. The third kappa shape index (κ3) is 8.32. The number of hydrogen-bond acceptors (Lipinski definition) is 5. The number of hydrogen-bond donors (Lipinski definition) is 2. The van der Waals surface area contributed by atoms with E-state index in [0.29, 0.717) is 38.1 Å². The summed E-state index contributed by atoms with van der Waals surface area (Å²) >= 11 is 0. The Hall–Kier alpha value is -1.64. The molecule has 1 aliphatic rings. The van der Waals surface area contributed by atoms with Crippen LogP contribution in [0, 0.1) is 0 Å². The molecule has 1 heterocycles. The van der Waals surface area contributed by atoms with Crippen LogP contribution in [0.2, 0.25) is 0 Å². The van der Waals surface area contributed by atoms with Gasteiger partial charge >= 0.3 is 0 Å². The lowest BCUT2D eigenvalue weighted by molar-refractivity contribution is -0.116. The van der Waals surface area contributed by atoms with Crippen molar-refractivity contribution >= 4 is 21.6 Å². The molecule has 0 spiro atoms. The zero-order valence-electron chi connectivity index (χ0n) is 17.7. The van der Waals surface area contributed by atoms with Crippen LogP contribution in [0.3, 0.4) is 0 Å². The van der Waals surface area contributed by atoms with Crippen LogP contribution in [0.4, 0.5) is 5.69 Å². The standard InChI is InChI=1S/C21H34N2O5S/c1-21(2,3)29(25,26)22-14-6-4-9-20(24)23-17-10-12-18(13-11-17)28-16-19-8-5-7-15-27-19/h10-13,19,22H,4-9,14-16H2,1-3H3,(H,23,24). The van der Waals surface area contributed by atoms with Crippen molar-refractivity contribution in [2.24, 2.45) is 0 Å². The highest BCUT2D eigenvalue weighted by atomic mass is 32.2. The van der Waals surface area contributed by atoms with Crippen LogP contribution in [0.1, 0.15) is 59.3 Å². The van der Waals surface area contributed by atoms with Crippen molar-refractivity contribution in [2.75, 3.05) is 25.1 Å². The lowest BCUT2D eigenvalue weighted by Gasteiger charge is -2.22. The van der Waals surface area contributed by atoms with Crippen molar-refractivity contribution in [2.45, 2.75) is 70.1 Å². The van der Waals surface area contributed by atoms with Gasteiger partial charge in [0.25, 0.3) is 0 Å². The fourth-order valence-corrected chi connectivity index (χ4v) is 3.67. The normalized spacial score (nSPS) is 17.7. The zero-order chi connectivity index (χ0) is 21.3. The van der Waals surface area contributed by atoms with Crippen molar-refractivity contribution in [1.82, 2.24) is 4.72 Å². The summed E-state index contributed by atoms with van der Waals surface area (Å²) in [5.41, 5.74) is 0.713. The Morgan fingerprint density at radius 2 is 1.90 bits per heavy atom. The van der Waals surface area contributed by atoms with E-state index in [1.165, 1.54) is 6.42 Å². The third-order valence-corrected chi connectivity index (χ3v) is 6.97. The molecule has 1 fully saturated rings. The minimum absolute atomic E-state index is 0.0899. The Balaban J connectivity index is 1.63. The first-order valence-electron chi connectivity index (χ1n) is 10.3. The van der Waals surface area contributed by atoms with Crippen molar-refractivity contribution in [3.8, 4) is 5.75 Å². The molecule has 1 atom stereocenters. The van der Waals surface area contributed by atoms with E-state index in [1.54, 1.807) is 20.8 Å². The van der Waals surface area contributed by atoms with E-state index in [2.05, 4.69) is 10.0 Å². The molecule has 1 unspecified atom stereocenters. The summed E-state index contributed by atoms with van der Waals surface area (Å²) < 4.78 is 37.0. The minimum Gasteiger partial charge on any atom is -0.491 e. The monoisotopic (exact) mass is 426 g/mol. The number of rotatable bonds is 10. The molecule has 2 rings (SSSR count). The Kier molecular flexibility index (Phi) is 8.92. The van der Waals surface area contributed by atoms with Gasteiger partial charge in [0.2, 0.25) is 15.9 Å². The molecule has 1 aliphatic heterocycles. The Morgan fingerprint density at radius 1 is 1.17 bits per heavy atom. The van der Waals surface area contributed by atoms with E-state index < -0.39 is 14.8 Å². The molecule has 2 N–H and O–H groups in total. The molecule has 1 saturated heterocycles. The van der Waals surface area contributed by atoms with Gasteiger partial charge in [0, 0.05) is 25.3 Å². The maximum absolute atomic E-state index is 12.1. The van der Waals surface area contributed by atoms with Gasteiger partial charge in [-0.1, -0.05) is 0 Å². The van der Waals surface area contributed by atoms with Crippen LogP contribution in [-0.4, -0.2) is 44.9 Å². The number of nitrogens with one attached hydrogen (secondary N) is 2. The van der Waals surface area contributed by atoms with Crippen LogP contribution in [0.25, 0.3) is 0 Å². The molecule has 1 aromatic rings. The van der Waals surface area contributed by atoms with Crippen molar-refractivity contribution in [3.05, 3.63) is 24.3 Å². The van der Waals surface area contributed by atoms with Gasteiger partial charge in [-0.2, -0.15) is 0 Å². The molecule has 164 valence electrons. The lowest BCUT2D eigenvalue weighted by atomic mass is 10.1. The lowest BCUT2D eigenvalue weighted by Crippen LogP contribution is -2.39. The van der Waals surface area contributed by atoms with Crippen LogP contribution in [-0.2, 0) is 19.6 Å². The summed E-state index contributed by atoms with van der Waals surface area (Å²) in [4.78, 5) is 12.1. The Morgan fingerprint density at radius 3 is 2.52 bits per heavy atom. The molecule has 0 radical (unpaired) electrons. The average Bonchev–Trinajstić information content (AvgIpc) is 2.67. The van der Waals surface area contributed by atoms with Gasteiger partial charge in [-0.05, 0) is 77.1 Å². The molecular weight excluding hydrogens is 392 g/mol. The van der Waals surface area contributed by atoms with E-state index in [4.69, 9.17) is 9.47 Å². The predicted molar refractivity (Wildman–Crippen MR) is 115 cm³/mol. The third-order valence-electron chi connectivity index (χ3n) is 4.78. The van der Waals surface area contributed by atoms with Crippen LogP contribution < -0.4 is 14.8 Å². The van der Waals surface area contributed by atoms with E-state index in [-0.39, 0.29) is 12.0 Å². The number of anilines is 1. The zero-order valence-corrected chi connectivity index (χ0v) is 18.5. The minimum atomic E-state index is -3.33. The number of benzene rings is 1. The first-order valence-corrected chi connectivity index (χ1v) is 11.8. The van der Waals surface area contributed by atoms with Gasteiger partial charge in [-0.15, -0.1) is 0 Å². The molecular formula is C21H34N2O5S. The summed E-state index contributed by atoms with van der Waals surface area (Å²) in [7, 11) is -3.33. The number of carbonyl (C=O) groups excluding carboxylic acids is 1. The second kappa shape index (κ2) is 10.9. The van der Waals surface area contributed by atoms with E-state index >= 15 is 0 Å². The molecule has 1 aromatic carbocycles. The second-order valence-corrected chi connectivity index (χ2v) is 10.9. The van der Waals surface area contributed by atoms with E-state index in [9.17, 15) is 13.2 Å². The van der Waals surface area contributed by atoms with Gasteiger partial charge in [0.1, 0.15) is 12.4 Å². The van der Waals surface area contributed by atoms with Crippen molar-refractivity contribution < 1.29 is 22.7 Å². The highest BCUT2D eigenvalue weighted by molar-refractivity contribution is 7.90. The molecule has 0 bridgehead atoms. The number of carbonyl (C=O) groups is 1. The first-order chi connectivity index (χ1) is 13.7. The number of ether oxygens (including phenoxy) is 2. The van der Waals surface area contributed by atoms with E-state index in [1.807, 2.05) is 24.3 Å². The molecule has 0 saturated carbocycles. The highest BCUT2D eigenvalue weighted by Gasteiger charge is 2.27. The quantitative estimate of drug-likeness (QED) is 0.559. The van der Waals surface area contributed by atoms with Gasteiger partial charge in [0.05, 0.1) is 10.9 Å². The van der Waals surface area contributed by atoms with E-state index in [0.717, 1.165) is 25.2 Å². The molecule has 8 heteroatoms. The SMILES string of the molecule is CC(C)(C)S(=O)(=O)NCCCCC(=O)Nc1ccc(OCC2CCCCO2)cc1. The number of unbranched alkanes of at least 4 members (excludes halogenated alkanes) is 1. The fraction of sp³-hybridized carbons (Fsp3) is 0.667. The topological polar surface area (TPSA) is 93.7 Å². The largest absolute Gasteiger partial charge is 0.491 e. The number of sulfonamides is 1. The Labute approximate surface area is 174 Å². The average molecular weight is 427 g/mol. The molecule has 7 nitrogen and oxygen atoms in total. The smallest absolute Gasteiger partial charge is 0.224 e. The van der Waals surface area contributed by atoms with Gasteiger partial charge in [-0.3, -0.25) is 4.79 Å². The summed E-state index contributed by atoms with van der Waals surface area (Å²) in [5.74, 6) is 0.663. The molecule has 0 aromatic heterocycles. The second-order valence-electron chi connectivity index (χ2n) is 8.34. The van der Waals surface area contributed by atoms with Crippen molar-refractivity contribution in [1.29, 1.82) is 0 Å². The summed E-state index contributed by atoms with van der Waals surface area (Å²) in [6, 6.07) is 7.29. The molecule has 1 amide bonds.